The molecular formula is C23H24N2O5S. The first-order valence-corrected chi connectivity index (χ1v) is 11.4. The Morgan fingerprint density at radius 2 is 1.55 bits per heavy atom. The molecule has 0 unspecified atom stereocenters. The summed E-state index contributed by atoms with van der Waals surface area (Å²) in [7, 11) is -1.73. The summed E-state index contributed by atoms with van der Waals surface area (Å²) >= 11 is 0. The van der Waals surface area contributed by atoms with Crippen molar-refractivity contribution in [3.05, 3.63) is 84.4 Å². The molecule has 0 atom stereocenters. The van der Waals surface area contributed by atoms with Crippen LogP contribution >= 0.6 is 0 Å². The number of carbonyl (C=O) groups excluding carboxylic acids is 1. The molecule has 7 nitrogen and oxygen atoms in total. The van der Waals surface area contributed by atoms with Crippen molar-refractivity contribution in [1.29, 1.82) is 0 Å². The first-order valence-electron chi connectivity index (χ1n) is 9.56. The van der Waals surface area contributed by atoms with E-state index in [0.717, 1.165) is 11.8 Å². The summed E-state index contributed by atoms with van der Waals surface area (Å²) in [4.78, 5) is 12.3. The summed E-state index contributed by atoms with van der Waals surface area (Å²) < 4.78 is 35.6. The number of benzene rings is 3. The number of hydrogen-bond donors (Lipinski definition) is 1. The van der Waals surface area contributed by atoms with Crippen molar-refractivity contribution >= 4 is 21.6 Å². The van der Waals surface area contributed by atoms with Gasteiger partial charge in [-0.1, -0.05) is 42.5 Å². The molecule has 0 aromatic heterocycles. The SMILES string of the molecule is CN(Cc1ccc(OCC(=O)Nc2ccccc2Oc2ccccc2)cc1)S(C)(=O)=O. The Morgan fingerprint density at radius 3 is 2.23 bits per heavy atom. The van der Waals surface area contributed by atoms with Crippen molar-refractivity contribution in [2.45, 2.75) is 6.54 Å². The molecule has 0 fully saturated rings. The van der Waals surface area contributed by atoms with Crippen LogP contribution in [0.15, 0.2) is 78.9 Å². The first-order chi connectivity index (χ1) is 14.8. The minimum Gasteiger partial charge on any atom is -0.484 e. The number of rotatable bonds is 9. The van der Waals surface area contributed by atoms with Gasteiger partial charge in [-0.25, -0.2) is 12.7 Å². The lowest BCUT2D eigenvalue weighted by Crippen LogP contribution is -2.24. The van der Waals surface area contributed by atoms with Gasteiger partial charge in [0.25, 0.3) is 5.91 Å². The summed E-state index contributed by atoms with van der Waals surface area (Å²) in [5, 5.41) is 2.79. The van der Waals surface area contributed by atoms with Crippen molar-refractivity contribution in [2.75, 3.05) is 25.2 Å². The maximum absolute atomic E-state index is 12.3. The number of ether oxygens (including phenoxy) is 2. The molecule has 162 valence electrons. The Hall–Kier alpha value is -3.36. The summed E-state index contributed by atoms with van der Waals surface area (Å²) in [5.41, 5.74) is 1.36. The Balaban J connectivity index is 1.55. The van der Waals surface area contributed by atoms with Gasteiger partial charge in [-0.2, -0.15) is 0 Å². The zero-order valence-electron chi connectivity index (χ0n) is 17.3. The van der Waals surface area contributed by atoms with Gasteiger partial charge in [0.15, 0.2) is 12.4 Å². The van der Waals surface area contributed by atoms with E-state index in [4.69, 9.17) is 9.47 Å². The predicted molar refractivity (Wildman–Crippen MR) is 120 cm³/mol. The molecule has 0 heterocycles. The van der Waals surface area contributed by atoms with Crippen molar-refractivity contribution in [3.63, 3.8) is 0 Å². The lowest BCUT2D eigenvalue weighted by Gasteiger charge is -2.14. The molecule has 1 amide bonds. The van der Waals surface area contributed by atoms with Crippen LogP contribution < -0.4 is 14.8 Å². The fourth-order valence-corrected chi connectivity index (χ4v) is 3.06. The molecule has 0 saturated heterocycles. The van der Waals surface area contributed by atoms with E-state index in [2.05, 4.69) is 5.32 Å². The third-order valence-electron chi connectivity index (χ3n) is 4.40. The van der Waals surface area contributed by atoms with E-state index in [0.29, 0.717) is 22.9 Å². The zero-order chi connectivity index (χ0) is 22.3. The van der Waals surface area contributed by atoms with Crippen LogP contribution in [0.3, 0.4) is 0 Å². The van der Waals surface area contributed by atoms with Crippen molar-refractivity contribution in [1.82, 2.24) is 4.31 Å². The van der Waals surface area contributed by atoms with Crippen LogP contribution in [0.1, 0.15) is 5.56 Å². The summed E-state index contributed by atoms with van der Waals surface area (Å²) in [5.74, 6) is 1.38. The van der Waals surface area contributed by atoms with Crippen molar-refractivity contribution in [3.8, 4) is 17.2 Å². The highest BCUT2D eigenvalue weighted by molar-refractivity contribution is 7.88. The van der Waals surface area contributed by atoms with Gasteiger partial charge in [0.05, 0.1) is 11.9 Å². The molecule has 3 aromatic carbocycles. The van der Waals surface area contributed by atoms with E-state index in [-0.39, 0.29) is 19.1 Å². The average Bonchev–Trinajstić information content (AvgIpc) is 2.75. The molecular weight excluding hydrogens is 416 g/mol. The number of para-hydroxylation sites is 3. The number of sulfonamides is 1. The van der Waals surface area contributed by atoms with Crippen LogP contribution in [0, 0.1) is 0 Å². The molecule has 0 bridgehead atoms. The number of nitrogens with zero attached hydrogens (tertiary/aromatic N) is 1. The van der Waals surface area contributed by atoms with Crippen LogP contribution in [0.5, 0.6) is 17.2 Å². The highest BCUT2D eigenvalue weighted by Gasteiger charge is 2.12. The molecule has 3 aromatic rings. The van der Waals surface area contributed by atoms with E-state index in [1.165, 1.54) is 11.4 Å². The number of nitrogens with one attached hydrogen (secondary N) is 1. The minimum absolute atomic E-state index is 0.178. The molecule has 0 saturated carbocycles. The monoisotopic (exact) mass is 440 g/mol. The van der Waals surface area contributed by atoms with Gasteiger partial charge in [-0.3, -0.25) is 4.79 Å². The second-order valence-corrected chi connectivity index (χ2v) is 9.00. The second-order valence-electron chi connectivity index (χ2n) is 6.91. The number of amides is 1. The van der Waals surface area contributed by atoms with Crippen LogP contribution in [0.4, 0.5) is 5.69 Å². The Labute approximate surface area is 182 Å². The first kappa shape index (κ1) is 22.3. The largest absolute Gasteiger partial charge is 0.484 e. The highest BCUT2D eigenvalue weighted by atomic mass is 32.2. The second kappa shape index (κ2) is 10.1. The minimum atomic E-state index is -3.25. The lowest BCUT2D eigenvalue weighted by atomic mass is 10.2. The van der Waals surface area contributed by atoms with Gasteiger partial charge in [-0.05, 0) is 42.0 Å². The maximum Gasteiger partial charge on any atom is 0.262 e. The summed E-state index contributed by atoms with van der Waals surface area (Å²) in [6.07, 6.45) is 1.16. The predicted octanol–water partition coefficient (Wildman–Crippen LogP) is 3.89. The standard InChI is InChI=1S/C23H24N2O5S/c1-25(31(2,27)28)16-18-12-14-19(15-13-18)29-17-23(26)24-21-10-6-7-11-22(21)30-20-8-4-3-5-9-20/h3-15H,16-17H2,1-2H3,(H,24,26). The van der Waals surface area contributed by atoms with Crippen LogP contribution in [-0.4, -0.2) is 38.5 Å². The van der Waals surface area contributed by atoms with Crippen LogP contribution in [0.25, 0.3) is 0 Å². The van der Waals surface area contributed by atoms with E-state index >= 15 is 0 Å². The zero-order valence-corrected chi connectivity index (χ0v) is 18.1. The van der Waals surface area contributed by atoms with E-state index in [1.807, 2.05) is 36.4 Å². The summed E-state index contributed by atoms with van der Waals surface area (Å²) in [6, 6.07) is 23.4. The maximum atomic E-state index is 12.3. The lowest BCUT2D eigenvalue weighted by molar-refractivity contribution is -0.118. The van der Waals surface area contributed by atoms with Gasteiger partial charge in [0, 0.05) is 13.6 Å². The molecule has 0 aliphatic carbocycles. The Bertz CT molecular complexity index is 1120. The molecule has 8 heteroatoms. The highest BCUT2D eigenvalue weighted by Crippen LogP contribution is 2.29. The van der Waals surface area contributed by atoms with E-state index in [1.54, 1.807) is 42.5 Å². The number of carbonyl (C=O) groups is 1. The van der Waals surface area contributed by atoms with Gasteiger partial charge < -0.3 is 14.8 Å². The molecule has 3 rings (SSSR count). The topological polar surface area (TPSA) is 84.9 Å². The van der Waals surface area contributed by atoms with Crippen molar-refractivity contribution < 1.29 is 22.7 Å². The van der Waals surface area contributed by atoms with Gasteiger partial charge >= 0.3 is 0 Å². The quantitative estimate of drug-likeness (QED) is 0.546. The van der Waals surface area contributed by atoms with E-state index < -0.39 is 10.0 Å². The summed E-state index contributed by atoms with van der Waals surface area (Å²) in [6.45, 7) is 0.0834. The van der Waals surface area contributed by atoms with Crippen LogP contribution in [-0.2, 0) is 21.4 Å². The smallest absolute Gasteiger partial charge is 0.262 e. The van der Waals surface area contributed by atoms with Gasteiger partial charge in [-0.15, -0.1) is 0 Å². The number of anilines is 1. The number of hydrogen-bond acceptors (Lipinski definition) is 5. The normalized spacial score (nSPS) is 11.2. The third-order valence-corrected chi connectivity index (χ3v) is 5.66. The Kier molecular flexibility index (Phi) is 7.28. The van der Waals surface area contributed by atoms with Gasteiger partial charge in [0.2, 0.25) is 10.0 Å². The fourth-order valence-electron chi connectivity index (χ4n) is 2.68. The molecule has 31 heavy (non-hydrogen) atoms. The average molecular weight is 441 g/mol. The fraction of sp³-hybridized carbons (Fsp3) is 0.174. The molecule has 0 spiro atoms. The van der Waals surface area contributed by atoms with Crippen molar-refractivity contribution in [2.24, 2.45) is 0 Å². The Morgan fingerprint density at radius 1 is 0.903 bits per heavy atom. The molecule has 0 radical (unpaired) electrons. The van der Waals surface area contributed by atoms with Gasteiger partial charge in [0.1, 0.15) is 11.5 Å². The molecule has 1 N–H and O–H groups in total. The third kappa shape index (κ3) is 6.84. The van der Waals surface area contributed by atoms with E-state index in [9.17, 15) is 13.2 Å². The molecule has 0 aliphatic rings. The molecule has 0 aliphatic heterocycles. The van der Waals surface area contributed by atoms with Crippen LogP contribution in [0.2, 0.25) is 0 Å².